The molecule has 7 aromatic rings. The highest BCUT2D eigenvalue weighted by molar-refractivity contribution is 7.85. The van der Waals surface area contributed by atoms with Crippen molar-refractivity contribution in [1.82, 2.24) is 25.0 Å². The van der Waals surface area contributed by atoms with Gasteiger partial charge in [-0.05, 0) is 66.2 Å². The largest absolute Gasteiger partial charge is 0.506 e. The molecule has 336 valence electrons. The van der Waals surface area contributed by atoms with E-state index >= 15 is 0 Å². The Morgan fingerprint density at radius 1 is 0.985 bits per heavy atom. The number of hydroxylamine groups is 2. The van der Waals surface area contributed by atoms with Gasteiger partial charge in [-0.25, -0.2) is 34.4 Å². The van der Waals surface area contributed by atoms with E-state index in [2.05, 4.69) is 24.8 Å². The molecule has 3 aromatic heterocycles. The summed E-state index contributed by atoms with van der Waals surface area (Å²) in [5.74, 6) is -2.65. The smallest absolute Gasteiger partial charge is 0.345 e. The number of rotatable bonds is 12. The first-order chi connectivity index (χ1) is 31.2. The number of benzene rings is 4. The first kappa shape index (κ1) is 44.9. The van der Waals surface area contributed by atoms with Crippen LogP contribution < -0.4 is 23.8 Å². The van der Waals surface area contributed by atoms with Crippen molar-refractivity contribution in [2.75, 3.05) is 25.4 Å². The molecule has 0 saturated heterocycles. The standard InChI is InChI=1S/C43H35ClFN5O13S2/c44-37-33-12-10-30(38(37)51)35-36-41(47-22-48-42(36)64-39(35)23-5-7-25(45)8-6-23)62-34(43(52)53)18-24-17-27(59-21-28(61-33)19-50(54)15-16-65(56,57)58)9-11-31(24)60-20-26-13-14-46-40(49-26)29-3-1-2-4-32(29)63-55/h1-14,17,22,28,34,51,54-55H,15-16,18-21H2,(H,52,53)(H,56,57,58)/t28-,34-/m1/s1. The van der Waals surface area contributed by atoms with Gasteiger partial charge >= 0.3 is 5.97 Å². The number of halogens is 2. The maximum absolute atomic E-state index is 14.2. The molecule has 9 rings (SSSR count). The van der Waals surface area contributed by atoms with Crippen LogP contribution in [0, 0.1) is 5.82 Å². The second-order valence-corrected chi connectivity index (χ2v) is 17.3. The third kappa shape index (κ3) is 10.3. The van der Waals surface area contributed by atoms with Crippen LogP contribution in [-0.4, -0.2) is 102 Å². The van der Waals surface area contributed by atoms with Gasteiger partial charge < -0.3 is 39.3 Å². The summed E-state index contributed by atoms with van der Waals surface area (Å²) < 4.78 is 71.2. The summed E-state index contributed by atoms with van der Waals surface area (Å²) in [6.45, 7) is -1.36. The molecule has 5 heterocycles. The number of fused-ring (bicyclic) bond motifs is 7. The highest BCUT2D eigenvalue weighted by Crippen LogP contribution is 2.52. The fourth-order valence-corrected chi connectivity index (χ4v) is 8.69. The number of thiophene rings is 1. The van der Waals surface area contributed by atoms with E-state index in [1.807, 2.05) is 0 Å². The van der Waals surface area contributed by atoms with Crippen LogP contribution in [0.2, 0.25) is 5.02 Å². The highest BCUT2D eigenvalue weighted by atomic mass is 35.5. The molecule has 2 aliphatic rings. The third-order valence-corrected chi connectivity index (χ3v) is 12.2. The van der Waals surface area contributed by atoms with Crippen LogP contribution in [0.4, 0.5) is 4.39 Å². The molecular formula is C43H35ClFN5O13S2. The average molecular weight is 948 g/mol. The Morgan fingerprint density at radius 2 is 1.78 bits per heavy atom. The molecule has 18 nitrogen and oxygen atoms in total. The van der Waals surface area contributed by atoms with Crippen molar-refractivity contribution < 1.29 is 66.7 Å². The van der Waals surface area contributed by atoms with E-state index < -0.39 is 58.7 Å². The predicted octanol–water partition coefficient (Wildman–Crippen LogP) is 7.20. The minimum atomic E-state index is -4.45. The maximum Gasteiger partial charge on any atom is 0.345 e. The van der Waals surface area contributed by atoms with Gasteiger partial charge in [0.05, 0.1) is 28.9 Å². The van der Waals surface area contributed by atoms with Gasteiger partial charge in [0.15, 0.2) is 11.6 Å². The number of ether oxygens (including phenoxy) is 4. The zero-order valence-corrected chi connectivity index (χ0v) is 35.8. The van der Waals surface area contributed by atoms with Crippen LogP contribution in [0.1, 0.15) is 11.3 Å². The summed E-state index contributed by atoms with van der Waals surface area (Å²) >= 11 is 7.94. The van der Waals surface area contributed by atoms with Crippen molar-refractivity contribution in [1.29, 1.82) is 0 Å². The Kier molecular flexibility index (Phi) is 13.2. The lowest BCUT2D eigenvalue weighted by molar-refractivity contribution is -0.145. The van der Waals surface area contributed by atoms with E-state index in [4.69, 9.17) is 30.5 Å². The fraction of sp³-hybridized carbons (Fsp3) is 0.186. The molecule has 0 amide bonds. The molecule has 0 fully saturated rings. The molecule has 0 radical (unpaired) electrons. The number of nitrogens with zero attached hydrogens (tertiary/aromatic N) is 5. The maximum atomic E-state index is 14.2. The monoisotopic (exact) mass is 947 g/mol. The molecule has 22 heteroatoms. The van der Waals surface area contributed by atoms with Gasteiger partial charge in [-0.1, -0.05) is 35.9 Å². The molecule has 0 spiro atoms. The van der Waals surface area contributed by atoms with E-state index in [1.54, 1.807) is 24.3 Å². The second-order valence-electron chi connectivity index (χ2n) is 14.4. The topological polar surface area (TPSA) is 253 Å². The highest BCUT2D eigenvalue weighted by Gasteiger charge is 2.30. The number of aromatic hydroxyl groups is 1. The molecule has 4 bridgehead atoms. The molecule has 2 atom stereocenters. The minimum absolute atomic E-state index is 0.0692. The Hall–Kier alpha value is -6.72. The molecule has 5 N–H and O–H groups in total. The number of phenols is 1. The van der Waals surface area contributed by atoms with E-state index in [0.29, 0.717) is 31.6 Å². The van der Waals surface area contributed by atoms with E-state index in [1.165, 1.54) is 73.2 Å². The van der Waals surface area contributed by atoms with Crippen molar-refractivity contribution >= 4 is 49.2 Å². The Morgan fingerprint density at radius 3 is 2.55 bits per heavy atom. The Bertz CT molecular complexity index is 3000. The summed E-state index contributed by atoms with van der Waals surface area (Å²) in [7, 11) is -4.45. The molecule has 2 aliphatic heterocycles. The van der Waals surface area contributed by atoms with Crippen molar-refractivity contribution in [2.45, 2.75) is 25.2 Å². The van der Waals surface area contributed by atoms with E-state index in [-0.39, 0.29) is 81.4 Å². The number of carboxylic acid groups (broad SMARTS) is 1. The normalized spacial score (nSPS) is 15.2. The summed E-state index contributed by atoms with van der Waals surface area (Å²) in [5, 5.41) is 43.1. The van der Waals surface area contributed by atoms with Crippen molar-refractivity contribution in [2.24, 2.45) is 0 Å². The van der Waals surface area contributed by atoms with Crippen molar-refractivity contribution in [3.05, 3.63) is 120 Å². The number of aliphatic carboxylic acids is 1. The SMILES string of the molecule is O=C(O)[C@H]1Cc2cc(ccc2OCc2ccnc(-c3ccccc3OO)n2)OC[C@@H](CN(O)CCS(=O)(=O)O)Oc2ccc(c(O)c2Cl)-c2c(-c3ccc(F)cc3)sc3ncnc(c23)O1. The Labute approximate surface area is 377 Å². The Balaban J connectivity index is 1.22. The van der Waals surface area contributed by atoms with Crippen LogP contribution in [-0.2, 0) is 27.9 Å². The first-order valence-electron chi connectivity index (χ1n) is 19.4. The van der Waals surface area contributed by atoms with Crippen LogP contribution in [0.15, 0.2) is 97.5 Å². The number of aromatic nitrogens is 4. The number of carboxylic acids is 1. The van der Waals surface area contributed by atoms with Gasteiger partial charge in [0.2, 0.25) is 12.0 Å². The van der Waals surface area contributed by atoms with Gasteiger partial charge in [0, 0.05) is 40.7 Å². The quantitative estimate of drug-likeness (QED) is 0.0461. The van der Waals surface area contributed by atoms with Gasteiger partial charge in [-0.3, -0.25) is 4.55 Å². The van der Waals surface area contributed by atoms with Crippen LogP contribution >= 0.6 is 22.9 Å². The molecule has 4 aromatic carbocycles. The number of hydrogen-bond donors (Lipinski definition) is 5. The summed E-state index contributed by atoms with van der Waals surface area (Å²) in [6, 6.07) is 21.3. The van der Waals surface area contributed by atoms with Gasteiger partial charge in [0.1, 0.15) is 64.3 Å². The van der Waals surface area contributed by atoms with Crippen molar-refractivity contribution in [3.63, 3.8) is 0 Å². The molecular weight excluding hydrogens is 913 g/mol. The lowest BCUT2D eigenvalue weighted by Crippen LogP contribution is -2.39. The van der Waals surface area contributed by atoms with E-state index in [0.717, 1.165) is 11.3 Å². The first-order valence-corrected chi connectivity index (χ1v) is 22.2. The van der Waals surface area contributed by atoms with Gasteiger partial charge in [0.25, 0.3) is 10.1 Å². The number of phenolic OH excluding ortho intramolecular Hbond substituents is 1. The lowest BCUT2D eigenvalue weighted by Gasteiger charge is -2.25. The second kappa shape index (κ2) is 19.2. The van der Waals surface area contributed by atoms with Crippen LogP contribution in [0.25, 0.3) is 43.2 Å². The summed E-state index contributed by atoms with van der Waals surface area (Å²) in [4.78, 5) is 36.0. The molecule has 0 saturated carbocycles. The fourth-order valence-electron chi connectivity index (χ4n) is 6.88. The third-order valence-electron chi connectivity index (χ3n) is 9.94. The van der Waals surface area contributed by atoms with Gasteiger partial charge in [-0.15, -0.1) is 11.3 Å². The predicted molar refractivity (Wildman–Crippen MR) is 232 cm³/mol. The lowest BCUT2D eigenvalue weighted by atomic mass is 9.98. The van der Waals surface area contributed by atoms with Crippen molar-refractivity contribution in [3.8, 4) is 67.6 Å². The molecule has 65 heavy (non-hydrogen) atoms. The van der Waals surface area contributed by atoms with Gasteiger partial charge in [-0.2, -0.15) is 13.5 Å². The minimum Gasteiger partial charge on any atom is -0.506 e. The number of hydrogen-bond acceptors (Lipinski definition) is 17. The summed E-state index contributed by atoms with van der Waals surface area (Å²) in [6.07, 6.45) is -0.400. The summed E-state index contributed by atoms with van der Waals surface area (Å²) in [5.41, 5.74) is 2.02. The van der Waals surface area contributed by atoms with Crippen LogP contribution in [0.3, 0.4) is 0 Å². The average Bonchev–Trinajstić information content (AvgIpc) is 3.68. The zero-order valence-electron chi connectivity index (χ0n) is 33.4. The number of para-hydroxylation sites is 1. The van der Waals surface area contributed by atoms with E-state index in [9.17, 15) is 42.8 Å². The molecule has 0 unspecified atom stereocenters. The number of carbonyl (C=O) groups is 1. The molecule has 0 aliphatic carbocycles. The van der Waals surface area contributed by atoms with Crippen LogP contribution in [0.5, 0.6) is 34.6 Å². The zero-order chi connectivity index (χ0) is 45.8.